The van der Waals surface area contributed by atoms with Gasteiger partial charge in [0.1, 0.15) is 13.2 Å². The molecule has 0 saturated heterocycles. The normalized spacial score (nSPS) is 12.2. The Morgan fingerprint density at radius 3 is 0.737 bits per heavy atom. The zero-order valence-corrected chi connectivity index (χ0v) is 51.3. The van der Waals surface area contributed by atoms with Crippen molar-refractivity contribution < 1.29 is 28.6 Å². The van der Waals surface area contributed by atoms with E-state index in [1.807, 2.05) is 0 Å². The average molecular weight is 1070 g/mol. The molecule has 76 heavy (non-hydrogen) atoms. The second-order valence-electron chi connectivity index (χ2n) is 23.1. The molecule has 0 aliphatic rings. The first kappa shape index (κ1) is 73.6. The summed E-state index contributed by atoms with van der Waals surface area (Å²) in [7, 11) is 0. The predicted molar refractivity (Wildman–Crippen MR) is 330 cm³/mol. The van der Waals surface area contributed by atoms with Crippen LogP contribution in [0.1, 0.15) is 374 Å². The quantitative estimate of drug-likeness (QED) is 0.0261. The number of ether oxygens (including phenoxy) is 3. The summed E-state index contributed by atoms with van der Waals surface area (Å²) in [6, 6.07) is 0. The molecule has 0 heterocycles. The van der Waals surface area contributed by atoms with E-state index in [4.69, 9.17) is 14.2 Å². The van der Waals surface area contributed by atoms with Crippen LogP contribution in [0.2, 0.25) is 0 Å². The van der Waals surface area contributed by atoms with Crippen LogP contribution in [-0.2, 0) is 28.6 Å². The Kier molecular flexibility index (Phi) is 63.1. The molecule has 0 aromatic carbocycles. The van der Waals surface area contributed by atoms with Crippen LogP contribution in [0.4, 0.5) is 0 Å². The maximum atomic E-state index is 12.8. The molecule has 446 valence electrons. The van der Waals surface area contributed by atoms with E-state index in [1.165, 1.54) is 257 Å². The molecular formula is C70H130O6. The highest BCUT2D eigenvalue weighted by atomic mass is 16.6. The molecule has 0 aromatic rings. The second-order valence-corrected chi connectivity index (χ2v) is 23.1. The molecular weight excluding hydrogens is 937 g/mol. The van der Waals surface area contributed by atoms with Crippen LogP contribution in [0, 0.1) is 0 Å². The smallest absolute Gasteiger partial charge is 0.306 e. The predicted octanol–water partition coefficient (Wildman–Crippen LogP) is 23.2. The van der Waals surface area contributed by atoms with Gasteiger partial charge in [0.25, 0.3) is 0 Å². The number of hydrogen-bond donors (Lipinski definition) is 0. The maximum absolute atomic E-state index is 12.8. The van der Waals surface area contributed by atoms with Gasteiger partial charge in [-0.2, -0.15) is 0 Å². The minimum absolute atomic E-state index is 0.0663. The van der Waals surface area contributed by atoms with E-state index in [2.05, 4.69) is 57.2 Å². The number of carbonyl (C=O) groups is 3. The zero-order chi connectivity index (χ0) is 55.0. The Labute approximate surface area is 474 Å². The summed E-state index contributed by atoms with van der Waals surface area (Å²) in [6.07, 6.45) is 80.8. The van der Waals surface area contributed by atoms with E-state index < -0.39 is 6.10 Å². The third-order valence-corrected chi connectivity index (χ3v) is 15.4. The molecule has 0 saturated carbocycles. The number of esters is 3. The van der Waals surface area contributed by atoms with E-state index in [0.29, 0.717) is 19.3 Å². The van der Waals surface area contributed by atoms with Crippen LogP contribution < -0.4 is 0 Å². The van der Waals surface area contributed by atoms with Crippen LogP contribution in [0.5, 0.6) is 0 Å². The number of allylic oxidation sites excluding steroid dienone is 6. The first-order valence-electron chi connectivity index (χ1n) is 34.0. The van der Waals surface area contributed by atoms with E-state index in [0.717, 1.165) is 77.0 Å². The minimum atomic E-state index is -0.764. The highest BCUT2D eigenvalue weighted by Gasteiger charge is 2.19. The summed E-state index contributed by atoms with van der Waals surface area (Å²) in [6.45, 7) is 6.61. The van der Waals surface area contributed by atoms with E-state index in [1.54, 1.807) is 0 Å². The maximum Gasteiger partial charge on any atom is 0.306 e. The summed E-state index contributed by atoms with van der Waals surface area (Å²) in [4.78, 5) is 37.9. The largest absolute Gasteiger partial charge is 0.462 e. The third-order valence-electron chi connectivity index (χ3n) is 15.4. The van der Waals surface area contributed by atoms with Crippen molar-refractivity contribution in [3.63, 3.8) is 0 Å². The van der Waals surface area contributed by atoms with Gasteiger partial charge in [0.05, 0.1) is 0 Å². The Bertz CT molecular complexity index is 1270. The topological polar surface area (TPSA) is 78.9 Å². The first-order chi connectivity index (χ1) is 37.5. The number of carbonyl (C=O) groups excluding carboxylic acids is 3. The second kappa shape index (κ2) is 65.2. The molecule has 0 rings (SSSR count). The molecule has 0 aromatic heterocycles. The molecule has 1 atom stereocenters. The number of rotatable bonds is 63. The summed E-state index contributed by atoms with van der Waals surface area (Å²) in [5.41, 5.74) is 0. The lowest BCUT2D eigenvalue weighted by atomic mass is 10.0. The average Bonchev–Trinajstić information content (AvgIpc) is 3.42. The van der Waals surface area contributed by atoms with Gasteiger partial charge in [0, 0.05) is 19.3 Å². The molecule has 1 unspecified atom stereocenters. The molecule has 0 aliphatic heterocycles. The molecule has 0 radical (unpaired) electrons. The van der Waals surface area contributed by atoms with Crippen molar-refractivity contribution in [1.82, 2.24) is 0 Å². The van der Waals surface area contributed by atoms with Crippen molar-refractivity contribution in [2.75, 3.05) is 13.2 Å². The molecule has 0 spiro atoms. The third kappa shape index (κ3) is 62.5. The van der Waals surface area contributed by atoms with E-state index >= 15 is 0 Å². The van der Waals surface area contributed by atoms with Crippen molar-refractivity contribution in [2.24, 2.45) is 0 Å². The van der Waals surface area contributed by atoms with Gasteiger partial charge < -0.3 is 14.2 Å². The van der Waals surface area contributed by atoms with Gasteiger partial charge in [-0.05, 0) is 57.8 Å². The van der Waals surface area contributed by atoms with Crippen LogP contribution in [0.25, 0.3) is 0 Å². The molecule has 6 heteroatoms. The molecule has 6 nitrogen and oxygen atoms in total. The van der Waals surface area contributed by atoms with Crippen molar-refractivity contribution >= 4 is 17.9 Å². The fraction of sp³-hybridized carbons (Fsp3) is 0.871. The van der Waals surface area contributed by atoms with Gasteiger partial charge in [-0.15, -0.1) is 0 Å². The lowest BCUT2D eigenvalue weighted by Crippen LogP contribution is -2.30. The molecule has 0 aliphatic carbocycles. The van der Waals surface area contributed by atoms with Crippen LogP contribution in [0.15, 0.2) is 36.5 Å². The molecule has 0 amide bonds. The summed E-state index contributed by atoms with van der Waals surface area (Å²) in [5, 5.41) is 0. The van der Waals surface area contributed by atoms with Crippen molar-refractivity contribution in [2.45, 2.75) is 380 Å². The van der Waals surface area contributed by atoms with Crippen molar-refractivity contribution in [3.05, 3.63) is 36.5 Å². The fourth-order valence-electron chi connectivity index (χ4n) is 10.3. The lowest BCUT2D eigenvalue weighted by molar-refractivity contribution is -0.167. The summed E-state index contributed by atoms with van der Waals surface area (Å²) in [5.74, 6) is -0.855. The summed E-state index contributed by atoms with van der Waals surface area (Å²) < 4.78 is 16.8. The number of hydrogen-bond acceptors (Lipinski definition) is 6. The monoisotopic (exact) mass is 1070 g/mol. The minimum Gasteiger partial charge on any atom is -0.462 e. The van der Waals surface area contributed by atoms with Gasteiger partial charge in [-0.25, -0.2) is 0 Å². The SMILES string of the molecule is CCCCCCC/C=C\C/C=C\C/C=C\CCCCCCCCCCCCCCCCCCCCC(=O)OCC(COC(=O)CCCCCCC)OC(=O)CCCCCCCCCCCCCCCCCCCCCC. The molecule has 0 fully saturated rings. The van der Waals surface area contributed by atoms with Gasteiger partial charge in [-0.3, -0.25) is 14.4 Å². The van der Waals surface area contributed by atoms with Gasteiger partial charge in [0.15, 0.2) is 6.10 Å². The first-order valence-corrected chi connectivity index (χ1v) is 34.0. The highest BCUT2D eigenvalue weighted by molar-refractivity contribution is 5.71. The molecule has 0 N–H and O–H groups in total. The van der Waals surface area contributed by atoms with Crippen LogP contribution >= 0.6 is 0 Å². The standard InChI is InChI=1S/C70H130O6/c1-4-7-10-13-15-17-19-21-23-25-27-29-30-31-32-33-34-35-36-37-38-39-40-41-43-44-46-48-50-52-54-57-60-63-69(72)75-66-67(65-74-68(71)62-59-56-12-9-6-3)76-70(73)64-61-58-55-53-51-49-47-45-42-28-26-24-22-20-18-16-14-11-8-5-2/h19,21,25,27,30-31,67H,4-18,20,22-24,26,28-29,32-66H2,1-3H3/b21-19-,27-25-,31-30-. The zero-order valence-electron chi connectivity index (χ0n) is 51.3. The van der Waals surface area contributed by atoms with E-state index in [-0.39, 0.29) is 31.1 Å². The number of unbranched alkanes of at least 4 members (excludes halogenated alkanes) is 46. The van der Waals surface area contributed by atoms with Gasteiger partial charge in [0.2, 0.25) is 0 Å². The highest BCUT2D eigenvalue weighted by Crippen LogP contribution is 2.18. The van der Waals surface area contributed by atoms with Crippen molar-refractivity contribution in [3.8, 4) is 0 Å². The Morgan fingerprint density at radius 1 is 0.263 bits per heavy atom. The Morgan fingerprint density at radius 2 is 0.474 bits per heavy atom. The Balaban J connectivity index is 3.91. The van der Waals surface area contributed by atoms with Crippen LogP contribution in [0.3, 0.4) is 0 Å². The lowest BCUT2D eigenvalue weighted by Gasteiger charge is -2.18. The van der Waals surface area contributed by atoms with Gasteiger partial charge >= 0.3 is 17.9 Å². The van der Waals surface area contributed by atoms with E-state index in [9.17, 15) is 14.4 Å². The van der Waals surface area contributed by atoms with Gasteiger partial charge in [-0.1, -0.05) is 333 Å². The summed E-state index contributed by atoms with van der Waals surface area (Å²) >= 11 is 0. The molecule has 0 bridgehead atoms. The fourth-order valence-corrected chi connectivity index (χ4v) is 10.3. The van der Waals surface area contributed by atoms with Crippen LogP contribution in [-0.4, -0.2) is 37.2 Å². The Hall–Kier alpha value is -2.37. The van der Waals surface area contributed by atoms with Crippen molar-refractivity contribution in [1.29, 1.82) is 0 Å².